The van der Waals surface area contributed by atoms with Crippen molar-refractivity contribution in [2.45, 2.75) is 25.4 Å². The highest BCUT2D eigenvalue weighted by Gasteiger charge is 2.22. The molecule has 0 aliphatic carbocycles. The third kappa shape index (κ3) is 3.80. The van der Waals surface area contributed by atoms with Crippen molar-refractivity contribution in [2.75, 3.05) is 26.4 Å². The summed E-state index contributed by atoms with van der Waals surface area (Å²) in [6.07, 6.45) is 6.41. The number of fused-ring (bicyclic) bond motifs is 1. The van der Waals surface area contributed by atoms with Gasteiger partial charge in [0.2, 0.25) is 5.91 Å². The second kappa shape index (κ2) is 7.31. The Morgan fingerprint density at radius 3 is 2.91 bits per heavy atom. The van der Waals surface area contributed by atoms with Gasteiger partial charge in [-0.1, -0.05) is 18.2 Å². The molecule has 5 heteroatoms. The van der Waals surface area contributed by atoms with Crippen LogP contribution in [0.1, 0.15) is 24.8 Å². The molecule has 1 amide bonds. The van der Waals surface area contributed by atoms with Crippen LogP contribution in [0.5, 0.6) is 11.5 Å². The van der Waals surface area contributed by atoms with Crippen molar-refractivity contribution in [3.63, 3.8) is 0 Å². The zero-order valence-corrected chi connectivity index (χ0v) is 12.5. The molecular weight excluding hydrogens is 282 g/mol. The van der Waals surface area contributed by atoms with Crippen molar-refractivity contribution in [1.29, 1.82) is 0 Å². The van der Waals surface area contributed by atoms with Gasteiger partial charge in [0.25, 0.3) is 0 Å². The average Bonchev–Trinajstić information content (AvgIpc) is 3.09. The summed E-state index contributed by atoms with van der Waals surface area (Å²) in [7, 11) is 0. The van der Waals surface area contributed by atoms with Crippen molar-refractivity contribution in [3.05, 3.63) is 29.8 Å². The van der Waals surface area contributed by atoms with Gasteiger partial charge in [0, 0.05) is 13.2 Å². The Morgan fingerprint density at radius 1 is 1.23 bits per heavy atom. The molecule has 2 aliphatic rings. The molecule has 118 valence electrons. The van der Waals surface area contributed by atoms with E-state index in [9.17, 15) is 4.79 Å². The Kier molecular flexibility index (Phi) is 4.96. The SMILES string of the molecule is O=C(NCC/C=C/c1ccc2c(c1)OCCO2)C1CCCO1. The van der Waals surface area contributed by atoms with Crippen LogP contribution in [0.2, 0.25) is 0 Å². The van der Waals surface area contributed by atoms with Gasteiger partial charge in [-0.2, -0.15) is 0 Å². The highest BCUT2D eigenvalue weighted by molar-refractivity contribution is 5.80. The summed E-state index contributed by atoms with van der Waals surface area (Å²) in [6, 6.07) is 5.89. The van der Waals surface area contributed by atoms with Crippen molar-refractivity contribution in [1.82, 2.24) is 5.32 Å². The molecular formula is C17H21NO4. The topological polar surface area (TPSA) is 56.8 Å². The molecule has 2 aliphatic heterocycles. The Labute approximate surface area is 130 Å². The monoisotopic (exact) mass is 303 g/mol. The van der Waals surface area contributed by atoms with E-state index in [1.165, 1.54) is 0 Å². The number of rotatable bonds is 5. The van der Waals surface area contributed by atoms with Gasteiger partial charge < -0.3 is 19.5 Å². The predicted molar refractivity (Wildman–Crippen MR) is 83.1 cm³/mol. The number of hydrogen-bond donors (Lipinski definition) is 1. The van der Waals surface area contributed by atoms with Crippen molar-refractivity contribution < 1.29 is 19.0 Å². The Hall–Kier alpha value is -2.01. The predicted octanol–water partition coefficient (Wildman–Crippen LogP) is 2.16. The van der Waals surface area contributed by atoms with Crippen LogP contribution in [0.25, 0.3) is 6.08 Å². The van der Waals surface area contributed by atoms with E-state index in [-0.39, 0.29) is 12.0 Å². The van der Waals surface area contributed by atoms with E-state index in [4.69, 9.17) is 14.2 Å². The van der Waals surface area contributed by atoms with Gasteiger partial charge in [0.05, 0.1) is 0 Å². The first-order valence-electron chi connectivity index (χ1n) is 7.78. The molecule has 1 saturated heterocycles. The number of carbonyl (C=O) groups is 1. The van der Waals surface area contributed by atoms with E-state index in [2.05, 4.69) is 5.32 Å². The van der Waals surface area contributed by atoms with E-state index in [1.807, 2.05) is 30.4 Å². The Bertz CT molecular complexity index is 550. The molecule has 3 rings (SSSR count). The van der Waals surface area contributed by atoms with Crippen LogP contribution in [0.3, 0.4) is 0 Å². The van der Waals surface area contributed by atoms with Crippen molar-refractivity contribution in [3.8, 4) is 11.5 Å². The molecule has 0 spiro atoms. The van der Waals surface area contributed by atoms with Gasteiger partial charge in [0.1, 0.15) is 19.3 Å². The molecule has 22 heavy (non-hydrogen) atoms. The number of benzene rings is 1. The normalized spacial score (nSPS) is 20.3. The van der Waals surface area contributed by atoms with Crippen molar-refractivity contribution in [2.24, 2.45) is 0 Å². The van der Waals surface area contributed by atoms with Gasteiger partial charge in [-0.05, 0) is 37.0 Å². The van der Waals surface area contributed by atoms with Gasteiger partial charge in [0.15, 0.2) is 11.5 Å². The summed E-state index contributed by atoms with van der Waals surface area (Å²) in [5, 5.41) is 2.90. The summed E-state index contributed by atoms with van der Waals surface area (Å²) in [4.78, 5) is 11.7. The van der Waals surface area contributed by atoms with Crippen LogP contribution in [-0.4, -0.2) is 38.4 Å². The standard InChI is InChI=1S/C17H21NO4/c19-17(15-5-3-9-20-15)18-8-2-1-4-13-6-7-14-16(12-13)22-11-10-21-14/h1,4,6-7,12,15H,2-3,5,8-11H2,(H,18,19)/b4-1+. The maximum atomic E-state index is 11.7. The minimum Gasteiger partial charge on any atom is -0.486 e. The van der Waals surface area contributed by atoms with Crippen LogP contribution in [0.15, 0.2) is 24.3 Å². The fourth-order valence-corrected chi connectivity index (χ4v) is 2.56. The first kappa shape index (κ1) is 14.9. The van der Waals surface area contributed by atoms with Crippen LogP contribution < -0.4 is 14.8 Å². The number of carbonyl (C=O) groups excluding carboxylic acids is 1. The minimum absolute atomic E-state index is 0.00484. The fraction of sp³-hybridized carbons (Fsp3) is 0.471. The summed E-state index contributed by atoms with van der Waals surface area (Å²) < 4.78 is 16.4. The van der Waals surface area contributed by atoms with Gasteiger partial charge >= 0.3 is 0 Å². The van der Waals surface area contributed by atoms with E-state index in [0.717, 1.165) is 36.3 Å². The molecule has 0 radical (unpaired) electrons. The highest BCUT2D eigenvalue weighted by atomic mass is 16.6. The molecule has 0 saturated carbocycles. The van der Waals surface area contributed by atoms with E-state index in [0.29, 0.717) is 26.4 Å². The van der Waals surface area contributed by atoms with Crippen molar-refractivity contribution >= 4 is 12.0 Å². The molecule has 2 heterocycles. The minimum atomic E-state index is -0.248. The smallest absolute Gasteiger partial charge is 0.249 e. The molecule has 1 fully saturated rings. The van der Waals surface area contributed by atoms with E-state index in [1.54, 1.807) is 0 Å². The number of amides is 1. The van der Waals surface area contributed by atoms with Crippen LogP contribution in [-0.2, 0) is 9.53 Å². The van der Waals surface area contributed by atoms with Gasteiger partial charge in [-0.3, -0.25) is 4.79 Å². The number of ether oxygens (including phenoxy) is 3. The zero-order chi connectivity index (χ0) is 15.2. The van der Waals surface area contributed by atoms with Gasteiger partial charge in [-0.15, -0.1) is 0 Å². The summed E-state index contributed by atoms with van der Waals surface area (Å²) in [5.41, 5.74) is 1.06. The molecule has 1 aromatic rings. The number of hydrogen-bond acceptors (Lipinski definition) is 4. The summed E-state index contributed by atoms with van der Waals surface area (Å²) >= 11 is 0. The second-order valence-corrected chi connectivity index (χ2v) is 5.39. The van der Waals surface area contributed by atoms with Crippen LogP contribution in [0.4, 0.5) is 0 Å². The lowest BCUT2D eigenvalue weighted by Crippen LogP contribution is -2.34. The molecule has 0 bridgehead atoms. The summed E-state index contributed by atoms with van der Waals surface area (Å²) in [5.74, 6) is 1.59. The van der Waals surface area contributed by atoms with Crippen LogP contribution >= 0.6 is 0 Å². The van der Waals surface area contributed by atoms with E-state index >= 15 is 0 Å². The number of nitrogens with one attached hydrogen (secondary N) is 1. The molecule has 1 atom stereocenters. The maximum absolute atomic E-state index is 11.7. The Morgan fingerprint density at radius 2 is 2.09 bits per heavy atom. The van der Waals surface area contributed by atoms with Crippen LogP contribution in [0, 0.1) is 0 Å². The third-order valence-electron chi connectivity index (χ3n) is 3.71. The molecule has 1 unspecified atom stereocenters. The lowest BCUT2D eigenvalue weighted by Gasteiger charge is -2.18. The first-order valence-corrected chi connectivity index (χ1v) is 7.78. The average molecular weight is 303 g/mol. The van der Waals surface area contributed by atoms with E-state index < -0.39 is 0 Å². The fourth-order valence-electron chi connectivity index (χ4n) is 2.56. The molecule has 1 N–H and O–H groups in total. The zero-order valence-electron chi connectivity index (χ0n) is 12.5. The Balaban J connectivity index is 1.43. The van der Waals surface area contributed by atoms with Gasteiger partial charge in [-0.25, -0.2) is 0 Å². The second-order valence-electron chi connectivity index (χ2n) is 5.39. The quantitative estimate of drug-likeness (QED) is 0.847. The largest absolute Gasteiger partial charge is 0.486 e. The summed E-state index contributed by atoms with van der Waals surface area (Å²) in [6.45, 7) is 2.52. The molecule has 1 aromatic carbocycles. The third-order valence-corrected chi connectivity index (χ3v) is 3.71. The molecule has 5 nitrogen and oxygen atoms in total. The lowest BCUT2D eigenvalue weighted by atomic mass is 10.1. The highest BCUT2D eigenvalue weighted by Crippen LogP contribution is 2.31. The first-order chi connectivity index (χ1) is 10.8. The maximum Gasteiger partial charge on any atom is 0.249 e. The molecule has 0 aromatic heterocycles. The lowest BCUT2D eigenvalue weighted by molar-refractivity contribution is -0.129.